The van der Waals surface area contributed by atoms with E-state index in [1.165, 1.54) is 11.1 Å². The van der Waals surface area contributed by atoms with Gasteiger partial charge in [-0.25, -0.2) is 0 Å². The Morgan fingerprint density at radius 3 is 1.55 bits per heavy atom. The van der Waals surface area contributed by atoms with E-state index in [0.717, 1.165) is 71.9 Å². The van der Waals surface area contributed by atoms with Crippen molar-refractivity contribution in [2.45, 2.75) is 0 Å². The summed E-state index contributed by atoms with van der Waals surface area (Å²) in [5.41, 5.74) is 13.3. The first-order chi connectivity index (χ1) is 29.0. The number of fused-ring (bicyclic) bond motifs is 6. The molecule has 0 aliphatic rings. The fraction of sp³-hybridized carbons (Fsp3) is 0. The van der Waals surface area contributed by atoms with Crippen LogP contribution in [0.5, 0.6) is 0 Å². The Kier molecular flexibility index (Phi) is 6.81. The van der Waals surface area contributed by atoms with Crippen molar-refractivity contribution in [3.05, 3.63) is 218 Å². The van der Waals surface area contributed by atoms with Crippen LogP contribution in [-0.2, 0) is 0 Å². The van der Waals surface area contributed by atoms with Crippen molar-refractivity contribution in [1.29, 1.82) is 0 Å². The predicted molar refractivity (Wildman–Crippen MR) is 237 cm³/mol. The van der Waals surface area contributed by atoms with Crippen LogP contribution in [0, 0.1) is 0 Å². The zero-order valence-electron chi connectivity index (χ0n) is 33.4. The van der Waals surface area contributed by atoms with Crippen molar-refractivity contribution in [1.82, 2.24) is 9.13 Å². The highest BCUT2D eigenvalue weighted by molar-refractivity contribution is 6.15. The SMILES string of the molecule is [2H]c1c(-c2ccc3c(c2)c2ccccc2n3-c2ccccc2)c([2H])c2c3cccc(-c4ccccc4)c3n(-c3ccc(-c4ccc(-c5ccccc5)cc4)cc3)c2c1[2H]. The van der Waals surface area contributed by atoms with E-state index in [0.29, 0.717) is 16.5 Å². The third kappa shape index (κ3) is 5.26. The molecule has 2 heterocycles. The molecule has 2 heteroatoms. The summed E-state index contributed by atoms with van der Waals surface area (Å²) in [6.45, 7) is 0. The van der Waals surface area contributed by atoms with Crippen LogP contribution in [0.4, 0.5) is 0 Å². The minimum atomic E-state index is 0.0362. The quantitative estimate of drug-likeness (QED) is 0.162. The van der Waals surface area contributed by atoms with Crippen molar-refractivity contribution in [3.8, 4) is 55.9 Å². The second-order valence-corrected chi connectivity index (χ2v) is 14.3. The molecule has 0 unspecified atom stereocenters. The number of nitrogens with zero attached hydrogens (tertiary/aromatic N) is 2. The molecule has 0 saturated heterocycles. The standard InChI is InChI=1S/C54H36N2/c1-4-13-37(14-5-1)38-23-25-39(26-24-38)40-27-31-45(32-28-40)56-53-34-30-43(36-50(53)48-21-12-20-46(54(48)56)41-15-6-2-7-16-41)42-29-33-52-49(35-42)47-19-10-11-22-51(47)55(52)44-17-8-3-9-18-44/h1-36H/i30D,34D,36D. The van der Waals surface area contributed by atoms with Gasteiger partial charge in [-0.3, -0.25) is 0 Å². The van der Waals surface area contributed by atoms with Gasteiger partial charge in [-0.15, -0.1) is 0 Å². The topological polar surface area (TPSA) is 9.86 Å². The van der Waals surface area contributed by atoms with Gasteiger partial charge in [0.25, 0.3) is 0 Å². The Balaban J connectivity index is 1.12. The van der Waals surface area contributed by atoms with E-state index in [2.05, 4.69) is 155 Å². The molecule has 0 radical (unpaired) electrons. The van der Waals surface area contributed by atoms with Gasteiger partial charge in [0.05, 0.1) is 26.2 Å². The molecule has 0 fully saturated rings. The highest BCUT2D eigenvalue weighted by atomic mass is 15.0. The second kappa shape index (κ2) is 13.2. The molecule has 11 aromatic rings. The molecule has 0 aliphatic heterocycles. The zero-order valence-corrected chi connectivity index (χ0v) is 30.4. The third-order valence-corrected chi connectivity index (χ3v) is 11.1. The van der Waals surface area contributed by atoms with Gasteiger partial charge in [-0.2, -0.15) is 0 Å². The second-order valence-electron chi connectivity index (χ2n) is 14.3. The number of benzene rings is 9. The van der Waals surface area contributed by atoms with E-state index in [1.807, 2.05) is 54.6 Å². The molecule has 2 nitrogen and oxygen atoms in total. The zero-order chi connectivity index (χ0) is 39.6. The lowest BCUT2D eigenvalue weighted by Gasteiger charge is -2.13. The molecule has 0 bridgehead atoms. The number of para-hydroxylation sites is 3. The molecule has 2 aromatic heterocycles. The summed E-state index contributed by atoms with van der Waals surface area (Å²) in [5, 5.41) is 3.68. The fourth-order valence-electron chi connectivity index (χ4n) is 8.39. The normalized spacial score (nSPS) is 12.3. The van der Waals surface area contributed by atoms with Crippen molar-refractivity contribution in [3.63, 3.8) is 0 Å². The molecule has 0 N–H and O–H groups in total. The van der Waals surface area contributed by atoms with Gasteiger partial charge >= 0.3 is 0 Å². The highest BCUT2D eigenvalue weighted by Gasteiger charge is 2.19. The molecular weight excluding hydrogens is 677 g/mol. The van der Waals surface area contributed by atoms with Gasteiger partial charge in [0.2, 0.25) is 0 Å². The number of hydrogen-bond acceptors (Lipinski definition) is 0. The summed E-state index contributed by atoms with van der Waals surface area (Å²) in [4.78, 5) is 0. The van der Waals surface area contributed by atoms with Crippen LogP contribution >= 0.6 is 0 Å². The van der Waals surface area contributed by atoms with Crippen LogP contribution in [0.2, 0.25) is 0 Å². The van der Waals surface area contributed by atoms with Crippen molar-refractivity contribution >= 4 is 43.6 Å². The summed E-state index contributed by atoms with van der Waals surface area (Å²) in [7, 11) is 0. The molecule has 262 valence electrons. The lowest BCUT2D eigenvalue weighted by molar-refractivity contribution is 1.18. The molecule has 0 saturated carbocycles. The Morgan fingerprint density at radius 1 is 0.304 bits per heavy atom. The van der Waals surface area contributed by atoms with Crippen LogP contribution in [0.15, 0.2) is 218 Å². The monoisotopic (exact) mass is 715 g/mol. The van der Waals surface area contributed by atoms with Crippen LogP contribution in [0.1, 0.15) is 4.11 Å². The van der Waals surface area contributed by atoms with E-state index in [9.17, 15) is 4.11 Å². The number of aromatic nitrogens is 2. The summed E-state index contributed by atoms with van der Waals surface area (Å²) in [6, 6.07) is 69.3. The first-order valence-corrected chi connectivity index (χ1v) is 19.0. The average molecular weight is 716 g/mol. The van der Waals surface area contributed by atoms with Crippen LogP contribution < -0.4 is 0 Å². The van der Waals surface area contributed by atoms with E-state index >= 15 is 0 Å². The lowest BCUT2D eigenvalue weighted by atomic mass is 9.99. The lowest BCUT2D eigenvalue weighted by Crippen LogP contribution is -1.95. The van der Waals surface area contributed by atoms with Gasteiger partial charge in [0.1, 0.15) is 0 Å². The summed E-state index contributed by atoms with van der Waals surface area (Å²) >= 11 is 0. The van der Waals surface area contributed by atoms with Gasteiger partial charge in [-0.1, -0.05) is 164 Å². The van der Waals surface area contributed by atoms with Crippen LogP contribution in [0.3, 0.4) is 0 Å². The molecule has 9 aromatic carbocycles. The molecule has 0 spiro atoms. The maximum Gasteiger partial charge on any atom is 0.0645 e. The number of hydrogen-bond donors (Lipinski definition) is 0. The highest BCUT2D eigenvalue weighted by Crippen LogP contribution is 2.41. The molecule has 11 rings (SSSR count). The first-order valence-electron chi connectivity index (χ1n) is 20.5. The van der Waals surface area contributed by atoms with E-state index < -0.39 is 0 Å². The largest absolute Gasteiger partial charge is 0.309 e. The maximum absolute atomic E-state index is 9.96. The third-order valence-electron chi connectivity index (χ3n) is 11.1. The summed E-state index contributed by atoms with van der Waals surface area (Å²) < 4.78 is 33.7. The Morgan fingerprint density at radius 2 is 0.839 bits per heavy atom. The Bertz CT molecular complexity index is 3370. The predicted octanol–water partition coefficient (Wildman–Crippen LogP) is 14.5. The van der Waals surface area contributed by atoms with Crippen molar-refractivity contribution in [2.75, 3.05) is 0 Å². The first kappa shape index (κ1) is 29.0. The van der Waals surface area contributed by atoms with Crippen LogP contribution in [0.25, 0.3) is 99.5 Å². The van der Waals surface area contributed by atoms with Gasteiger partial charge in [0.15, 0.2) is 0 Å². The Hall–Kier alpha value is -7.42. The molecule has 0 aliphatic carbocycles. The van der Waals surface area contributed by atoms with Gasteiger partial charge in [-0.05, 0) is 93.5 Å². The van der Waals surface area contributed by atoms with Crippen molar-refractivity contribution in [2.24, 2.45) is 0 Å². The fourth-order valence-corrected chi connectivity index (χ4v) is 8.39. The number of rotatable bonds is 6. The van der Waals surface area contributed by atoms with E-state index in [4.69, 9.17) is 0 Å². The Labute approximate surface area is 330 Å². The maximum atomic E-state index is 9.96. The minimum absolute atomic E-state index is 0.0362. The molecule has 56 heavy (non-hydrogen) atoms. The average Bonchev–Trinajstić information content (AvgIpc) is 3.83. The summed E-state index contributed by atoms with van der Waals surface area (Å²) in [6.07, 6.45) is 0. The van der Waals surface area contributed by atoms with E-state index in [1.54, 1.807) is 0 Å². The minimum Gasteiger partial charge on any atom is -0.309 e. The molecule has 0 amide bonds. The molecule has 0 atom stereocenters. The van der Waals surface area contributed by atoms with E-state index in [-0.39, 0.29) is 18.1 Å². The van der Waals surface area contributed by atoms with Gasteiger partial charge in [0, 0.05) is 38.5 Å². The van der Waals surface area contributed by atoms with Crippen molar-refractivity contribution < 1.29 is 4.11 Å². The molecular formula is C54H36N2. The van der Waals surface area contributed by atoms with Gasteiger partial charge < -0.3 is 9.13 Å². The summed E-state index contributed by atoms with van der Waals surface area (Å²) in [5.74, 6) is 0. The van der Waals surface area contributed by atoms with Crippen LogP contribution in [-0.4, -0.2) is 9.13 Å². The smallest absolute Gasteiger partial charge is 0.0645 e.